The van der Waals surface area contributed by atoms with Crippen LogP contribution in [0.25, 0.3) is 11.3 Å². The fourth-order valence-electron chi connectivity index (χ4n) is 2.38. The van der Waals surface area contributed by atoms with Crippen LogP contribution in [0.4, 0.5) is 10.1 Å². The summed E-state index contributed by atoms with van der Waals surface area (Å²) in [5.41, 5.74) is 3.03. The van der Waals surface area contributed by atoms with Crippen LogP contribution in [0.3, 0.4) is 0 Å². The van der Waals surface area contributed by atoms with Gasteiger partial charge in [0.25, 0.3) is 0 Å². The Hall–Kier alpha value is -3.51. The van der Waals surface area contributed by atoms with Gasteiger partial charge in [0.15, 0.2) is 0 Å². The minimum absolute atomic E-state index is 0.350. The molecule has 26 heavy (non-hydrogen) atoms. The van der Waals surface area contributed by atoms with E-state index in [4.69, 9.17) is 5.84 Å². The number of aromatic nitrogens is 3. The molecule has 2 aromatic heterocycles. The summed E-state index contributed by atoms with van der Waals surface area (Å²) in [6.45, 7) is 8.08. The van der Waals surface area contributed by atoms with Gasteiger partial charge < -0.3 is 0 Å². The number of pyridine rings is 1. The molecule has 3 aromatic rings. The Kier molecular flexibility index (Phi) is 5.05. The predicted octanol–water partition coefficient (Wildman–Crippen LogP) is 3.87. The minimum atomic E-state index is -0.364. The van der Waals surface area contributed by atoms with Crippen LogP contribution in [0, 0.1) is 5.82 Å². The van der Waals surface area contributed by atoms with Crippen LogP contribution in [0.5, 0.6) is 0 Å². The monoisotopic (exact) mass is 347 g/mol. The number of halogens is 1. The molecule has 0 atom stereocenters. The molecule has 0 saturated carbocycles. The topological polar surface area (TPSA) is 60.0 Å². The van der Waals surface area contributed by atoms with Gasteiger partial charge in [-0.2, -0.15) is 5.10 Å². The van der Waals surface area contributed by atoms with Gasteiger partial charge in [-0.3, -0.25) is 9.99 Å². The molecule has 3 rings (SSSR count). The normalized spacial score (nSPS) is 10.8. The third-order valence-corrected chi connectivity index (χ3v) is 3.82. The van der Waals surface area contributed by atoms with Crippen molar-refractivity contribution in [2.45, 2.75) is 0 Å². The average Bonchev–Trinajstić information content (AvgIpc) is 3.15. The van der Waals surface area contributed by atoms with Crippen LogP contribution in [0.1, 0.15) is 5.69 Å². The predicted molar refractivity (Wildman–Crippen MR) is 102 cm³/mol. The Morgan fingerprint density at radius 1 is 1.08 bits per heavy atom. The van der Waals surface area contributed by atoms with Crippen molar-refractivity contribution in [2.75, 3.05) is 5.01 Å². The van der Waals surface area contributed by atoms with Gasteiger partial charge >= 0.3 is 0 Å². The molecule has 6 heteroatoms. The van der Waals surface area contributed by atoms with Crippen LogP contribution < -0.4 is 10.9 Å². The van der Waals surface area contributed by atoms with Gasteiger partial charge in [-0.1, -0.05) is 25.3 Å². The summed E-state index contributed by atoms with van der Waals surface area (Å²) in [7, 11) is 0. The molecular formula is C20H18FN5. The van der Waals surface area contributed by atoms with Crippen LogP contribution >= 0.6 is 0 Å². The minimum Gasteiger partial charge on any atom is -0.287 e. The first kappa shape index (κ1) is 17.3. The van der Waals surface area contributed by atoms with E-state index in [0.717, 1.165) is 5.69 Å². The smallest absolute Gasteiger partial charge is 0.148 e. The molecule has 5 nitrogen and oxygen atoms in total. The molecule has 0 aliphatic heterocycles. The lowest BCUT2D eigenvalue weighted by Gasteiger charge is -2.14. The van der Waals surface area contributed by atoms with Crippen molar-refractivity contribution in [2.24, 2.45) is 5.84 Å². The fraction of sp³-hybridized carbons (Fsp3) is 0. The summed E-state index contributed by atoms with van der Waals surface area (Å²) in [6.07, 6.45) is 8.32. The van der Waals surface area contributed by atoms with Crippen molar-refractivity contribution >= 4 is 11.3 Å². The van der Waals surface area contributed by atoms with E-state index in [2.05, 4.69) is 23.2 Å². The molecule has 0 aliphatic carbocycles. The molecule has 130 valence electrons. The molecule has 0 saturated heterocycles. The molecule has 0 fully saturated rings. The number of allylic oxidation sites excluding steroid dienone is 3. The Morgan fingerprint density at radius 3 is 2.54 bits per heavy atom. The average molecular weight is 347 g/mol. The number of hydrogen-bond donors (Lipinski definition) is 1. The standard InChI is InChI=1S/C20H18FN5/c1-15(10-14-25(22)17-7-11-23-12-8-17)16(2)19-9-13-24-26(19)20-6-4-3-5-18(20)21/h3-14H,1-2,22H2/b14-10-. The summed E-state index contributed by atoms with van der Waals surface area (Å²) in [5, 5.41) is 5.65. The Balaban J connectivity index is 1.80. The van der Waals surface area contributed by atoms with E-state index in [9.17, 15) is 4.39 Å². The molecular weight excluding hydrogens is 329 g/mol. The van der Waals surface area contributed by atoms with Crippen LogP contribution in [0.2, 0.25) is 0 Å². The molecule has 0 aliphatic rings. The van der Waals surface area contributed by atoms with Crippen molar-refractivity contribution < 1.29 is 4.39 Å². The molecule has 0 bridgehead atoms. The maximum Gasteiger partial charge on any atom is 0.148 e. The van der Waals surface area contributed by atoms with Crippen molar-refractivity contribution in [3.05, 3.63) is 104 Å². The molecule has 1 aromatic carbocycles. The third kappa shape index (κ3) is 3.60. The second-order valence-electron chi connectivity index (χ2n) is 5.51. The number of para-hydroxylation sites is 1. The second kappa shape index (κ2) is 7.58. The second-order valence-corrected chi connectivity index (χ2v) is 5.51. The molecule has 0 amide bonds. The third-order valence-electron chi connectivity index (χ3n) is 3.82. The van der Waals surface area contributed by atoms with Gasteiger partial charge in [-0.25, -0.2) is 14.9 Å². The maximum atomic E-state index is 14.1. The zero-order chi connectivity index (χ0) is 18.5. The number of rotatable bonds is 6. The summed E-state index contributed by atoms with van der Waals surface area (Å²) < 4.78 is 15.6. The van der Waals surface area contributed by atoms with Gasteiger partial charge in [-0.05, 0) is 47.6 Å². The largest absolute Gasteiger partial charge is 0.287 e. The highest BCUT2D eigenvalue weighted by Crippen LogP contribution is 2.24. The fourth-order valence-corrected chi connectivity index (χ4v) is 2.38. The van der Waals surface area contributed by atoms with Crippen LogP contribution in [0.15, 0.2) is 92.1 Å². The van der Waals surface area contributed by atoms with E-state index in [0.29, 0.717) is 22.5 Å². The summed E-state index contributed by atoms with van der Waals surface area (Å²) >= 11 is 0. The highest BCUT2D eigenvalue weighted by Gasteiger charge is 2.12. The Morgan fingerprint density at radius 2 is 1.81 bits per heavy atom. The zero-order valence-corrected chi connectivity index (χ0v) is 14.1. The first-order chi connectivity index (χ1) is 12.6. The maximum absolute atomic E-state index is 14.1. The number of benzene rings is 1. The van der Waals surface area contributed by atoms with E-state index in [1.54, 1.807) is 67.3 Å². The highest BCUT2D eigenvalue weighted by atomic mass is 19.1. The van der Waals surface area contributed by atoms with Gasteiger partial charge in [0.2, 0.25) is 0 Å². The van der Waals surface area contributed by atoms with Crippen LogP contribution in [-0.4, -0.2) is 14.8 Å². The summed E-state index contributed by atoms with van der Waals surface area (Å²) in [4.78, 5) is 3.95. The quantitative estimate of drug-likeness (QED) is 0.418. The molecule has 0 spiro atoms. The molecule has 2 heterocycles. The van der Waals surface area contributed by atoms with Gasteiger partial charge in [0, 0.05) is 18.6 Å². The van der Waals surface area contributed by atoms with Gasteiger partial charge in [-0.15, -0.1) is 0 Å². The van der Waals surface area contributed by atoms with Crippen molar-refractivity contribution in [3.8, 4) is 5.69 Å². The number of nitrogens with zero attached hydrogens (tertiary/aromatic N) is 4. The molecule has 0 radical (unpaired) electrons. The van der Waals surface area contributed by atoms with Crippen LogP contribution in [-0.2, 0) is 0 Å². The lowest BCUT2D eigenvalue weighted by molar-refractivity contribution is 0.610. The molecule has 0 unspecified atom stereocenters. The first-order valence-electron chi connectivity index (χ1n) is 7.87. The Bertz CT molecular complexity index is 959. The number of hydrazine groups is 1. The van der Waals surface area contributed by atoms with Crippen molar-refractivity contribution in [1.82, 2.24) is 14.8 Å². The first-order valence-corrected chi connectivity index (χ1v) is 7.87. The SMILES string of the molecule is C=C(/C=C\N(N)c1ccncc1)C(=C)c1ccnn1-c1ccccc1F. The number of hydrogen-bond acceptors (Lipinski definition) is 4. The number of nitrogens with two attached hydrogens (primary N) is 1. The van der Waals surface area contributed by atoms with E-state index < -0.39 is 0 Å². The van der Waals surface area contributed by atoms with E-state index in [-0.39, 0.29) is 5.82 Å². The number of anilines is 1. The lowest BCUT2D eigenvalue weighted by Crippen LogP contribution is -2.23. The molecule has 2 N–H and O–H groups in total. The zero-order valence-electron chi connectivity index (χ0n) is 14.1. The summed E-state index contributed by atoms with van der Waals surface area (Å²) in [5.74, 6) is 5.62. The Labute approximate surface area is 151 Å². The van der Waals surface area contributed by atoms with Gasteiger partial charge in [0.05, 0.1) is 17.6 Å². The van der Waals surface area contributed by atoms with Crippen molar-refractivity contribution in [3.63, 3.8) is 0 Å². The lowest BCUT2D eigenvalue weighted by atomic mass is 10.1. The van der Waals surface area contributed by atoms with E-state index in [1.165, 1.54) is 15.8 Å². The van der Waals surface area contributed by atoms with Crippen molar-refractivity contribution in [1.29, 1.82) is 0 Å². The summed E-state index contributed by atoms with van der Waals surface area (Å²) in [6, 6.07) is 11.8. The van der Waals surface area contributed by atoms with E-state index >= 15 is 0 Å². The van der Waals surface area contributed by atoms with E-state index in [1.807, 2.05) is 0 Å². The highest BCUT2D eigenvalue weighted by molar-refractivity contribution is 5.78. The van der Waals surface area contributed by atoms with Gasteiger partial charge in [0.1, 0.15) is 11.5 Å².